The molecule has 1 aliphatic heterocycles. The third kappa shape index (κ3) is 4.99. The van der Waals surface area contributed by atoms with Crippen molar-refractivity contribution in [1.82, 2.24) is 5.32 Å². The molecule has 0 unspecified atom stereocenters. The lowest BCUT2D eigenvalue weighted by molar-refractivity contribution is 0.0967. The summed E-state index contributed by atoms with van der Waals surface area (Å²) >= 11 is 0. The van der Waals surface area contributed by atoms with Crippen molar-refractivity contribution in [3.8, 4) is 5.75 Å². The van der Waals surface area contributed by atoms with Crippen LogP contribution in [0.5, 0.6) is 5.75 Å². The van der Waals surface area contributed by atoms with E-state index >= 15 is 0 Å². The van der Waals surface area contributed by atoms with E-state index in [4.69, 9.17) is 9.47 Å². The second-order valence-electron chi connectivity index (χ2n) is 6.46. The van der Waals surface area contributed by atoms with Crippen molar-refractivity contribution < 1.29 is 19.4 Å². The molecule has 2 aromatic rings. The van der Waals surface area contributed by atoms with Gasteiger partial charge in [-0.2, -0.15) is 0 Å². The van der Waals surface area contributed by atoms with Crippen molar-refractivity contribution in [2.45, 2.75) is 38.4 Å². The lowest BCUT2D eigenvalue weighted by Crippen LogP contribution is -2.27. The van der Waals surface area contributed by atoms with Crippen molar-refractivity contribution in [2.24, 2.45) is 0 Å². The van der Waals surface area contributed by atoms with Crippen LogP contribution in [-0.4, -0.2) is 30.5 Å². The minimum Gasteiger partial charge on any atom is -0.487 e. The van der Waals surface area contributed by atoms with Crippen LogP contribution < -0.4 is 10.1 Å². The largest absolute Gasteiger partial charge is 0.487 e. The number of aryl methyl sites for hydroxylation is 2. The second kappa shape index (κ2) is 9.25. The molecule has 138 valence electrons. The lowest BCUT2D eigenvalue weighted by atomic mass is 9.97. The Labute approximate surface area is 153 Å². The zero-order valence-corrected chi connectivity index (χ0v) is 14.8. The number of aliphatic hydroxyl groups excluding tert-OH is 1. The first-order valence-corrected chi connectivity index (χ1v) is 9.09. The molecule has 3 rings (SSSR count). The Morgan fingerprint density at radius 2 is 2.04 bits per heavy atom. The molecular weight excluding hydrogens is 330 g/mol. The average Bonchev–Trinajstić information content (AvgIpc) is 2.70. The number of amides is 1. The maximum Gasteiger partial charge on any atom is 0.407 e. The molecule has 1 atom stereocenters. The van der Waals surface area contributed by atoms with Gasteiger partial charge in [0.05, 0.1) is 6.61 Å². The van der Waals surface area contributed by atoms with Gasteiger partial charge < -0.3 is 19.9 Å². The summed E-state index contributed by atoms with van der Waals surface area (Å²) in [5, 5.41) is 12.1. The lowest BCUT2D eigenvalue weighted by Gasteiger charge is -2.26. The van der Waals surface area contributed by atoms with Gasteiger partial charge in [0, 0.05) is 6.54 Å². The maximum absolute atomic E-state index is 11.8. The van der Waals surface area contributed by atoms with Crippen LogP contribution in [0, 0.1) is 0 Å². The van der Waals surface area contributed by atoms with Crippen LogP contribution >= 0.6 is 0 Å². The molecule has 2 aromatic carbocycles. The minimum atomic E-state index is -0.402. The monoisotopic (exact) mass is 355 g/mol. The third-order valence-electron chi connectivity index (χ3n) is 4.51. The number of para-hydroxylation sites is 1. The summed E-state index contributed by atoms with van der Waals surface area (Å²) in [4.78, 5) is 11.8. The fourth-order valence-corrected chi connectivity index (χ4v) is 3.10. The summed E-state index contributed by atoms with van der Waals surface area (Å²) in [5.74, 6) is 0.907. The highest BCUT2D eigenvalue weighted by Gasteiger charge is 2.21. The van der Waals surface area contributed by atoms with Gasteiger partial charge in [-0.3, -0.25) is 0 Å². The number of hydrogen-bond donors (Lipinski definition) is 2. The molecule has 1 aliphatic rings. The molecule has 0 bridgehead atoms. The Bertz CT molecular complexity index is 717. The van der Waals surface area contributed by atoms with Crippen molar-refractivity contribution in [3.63, 3.8) is 0 Å². The van der Waals surface area contributed by atoms with E-state index in [1.807, 2.05) is 42.5 Å². The Balaban J connectivity index is 1.42. The predicted octanol–water partition coefficient (Wildman–Crippen LogP) is 3.23. The maximum atomic E-state index is 11.8. The number of nitrogens with one attached hydrogen (secondary N) is 1. The molecule has 5 heteroatoms. The Morgan fingerprint density at radius 1 is 1.19 bits per heavy atom. The molecule has 2 N–H and O–H groups in total. The number of ether oxygens (including phenoxy) is 2. The molecule has 0 saturated carbocycles. The summed E-state index contributed by atoms with van der Waals surface area (Å²) in [6.45, 7) is 0.860. The van der Waals surface area contributed by atoms with Gasteiger partial charge in [-0.05, 0) is 42.4 Å². The van der Waals surface area contributed by atoms with E-state index in [0.717, 1.165) is 42.6 Å². The van der Waals surface area contributed by atoms with Gasteiger partial charge in [0.15, 0.2) is 0 Å². The van der Waals surface area contributed by atoms with Crippen LogP contribution in [0.25, 0.3) is 0 Å². The first-order valence-electron chi connectivity index (χ1n) is 9.09. The number of carbonyl (C=O) groups excluding carboxylic acids is 1. The topological polar surface area (TPSA) is 67.8 Å². The predicted molar refractivity (Wildman–Crippen MR) is 99.2 cm³/mol. The van der Waals surface area contributed by atoms with E-state index in [1.54, 1.807) is 0 Å². The zero-order chi connectivity index (χ0) is 18.2. The number of benzene rings is 2. The van der Waals surface area contributed by atoms with Crippen LogP contribution in [0.4, 0.5) is 4.79 Å². The fraction of sp³-hybridized carbons (Fsp3) is 0.381. The van der Waals surface area contributed by atoms with Gasteiger partial charge in [0.1, 0.15) is 18.5 Å². The van der Waals surface area contributed by atoms with Crippen LogP contribution in [0.1, 0.15) is 29.5 Å². The van der Waals surface area contributed by atoms with Gasteiger partial charge in [-0.1, -0.05) is 48.5 Å². The summed E-state index contributed by atoms with van der Waals surface area (Å²) in [5.41, 5.74) is 3.29. The molecule has 0 fully saturated rings. The highest BCUT2D eigenvalue weighted by atomic mass is 16.5. The minimum absolute atomic E-state index is 0.0442. The molecule has 0 aliphatic carbocycles. The molecule has 1 amide bonds. The normalized spacial score (nSPS) is 15.7. The van der Waals surface area contributed by atoms with E-state index in [0.29, 0.717) is 6.54 Å². The molecule has 0 spiro atoms. The molecule has 0 aromatic heterocycles. The van der Waals surface area contributed by atoms with Crippen LogP contribution in [-0.2, 0) is 24.2 Å². The second-order valence-corrected chi connectivity index (χ2v) is 6.46. The summed E-state index contributed by atoms with van der Waals surface area (Å²) < 4.78 is 11.1. The van der Waals surface area contributed by atoms with Crippen molar-refractivity contribution in [1.29, 1.82) is 0 Å². The quantitative estimate of drug-likeness (QED) is 0.748. The summed E-state index contributed by atoms with van der Waals surface area (Å²) in [7, 11) is 0. The molecule has 5 nitrogen and oxygen atoms in total. The highest BCUT2D eigenvalue weighted by Crippen LogP contribution is 2.31. The van der Waals surface area contributed by atoms with Gasteiger partial charge in [-0.15, -0.1) is 0 Å². The van der Waals surface area contributed by atoms with Gasteiger partial charge in [0.25, 0.3) is 0 Å². The van der Waals surface area contributed by atoms with Crippen LogP contribution in [0.3, 0.4) is 0 Å². The van der Waals surface area contributed by atoms with Crippen molar-refractivity contribution >= 4 is 6.09 Å². The molecule has 1 heterocycles. The number of alkyl carbamates (subject to hydrolysis) is 1. The first kappa shape index (κ1) is 18.3. The highest BCUT2D eigenvalue weighted by molar-refractivity contribution is 5.67. The number of fused-ring (bicyclic) bond motifs is 1. The third-order valence-corrected chi connectivity index (χ3v) is 4.51. The summed E-state index contributed by atoms with van der Waals surface area (Å²) in [6.07, 6.45) is 2.86. The Hall–Kier alpha value is -2.53. The number of aliphatic hydroxyl groups is 1. The Kier molecular flexibility index (Phi) is 6.50. The number of carbonyl (C=O) groups is 1. The zero-order valence-electron chi connectivity index (χ0n) is 14.8. The number of hydrogen-bond acceptors (Lipinski definition) is 4. The SMILES string of the molecule is O=C(NCCCc1cccc2c1O[C@@H](CO)CC2)OCc1ccccc1. The van der Waals surface area contributed by atoms with Crippen LogP contribution in [0.2, 0.25) is 0 Å². The number of rotatable bonds is 7. The van der Waals surface area contributed by atoms with Gasteiger partial charge in [-0.25, -0.2) is 4.79 Å². The van der Waals surface area contributed by atoms with Crippen molar-refractivity contribution in [2.75, 3.05) is 13.2 Å². The Morgan fingerprint density at radius 3 is 2.85 bits per heavy atom. The van der Waals surface area contributed by atoms with E-state index in [-0.39, 0.29) is 19.3 Å². The van der Waals surface area contributed by atoms with Crippen LogP contribution in [0.15, 0.2) is 48.5 Å². The first-order chi connectivity index (χ1) is 12.8. The van der Waals surface area contributed by atoms with Gasteiger partial charge in [0.2, 0.25) is 0 Å². The fourth-order valence-electron chi connectivity index (χ4n) is 3.10. The molecule has 0 radical (unpaired) electrons. The molecule has 0 saturated heterocycles. The van der Waals surface area contributed by atoms with Gasteiger partial charge >= 0.3 is 6.09 Å². The molecule has 26 heavy (non-hydrogen) atoms. The van der Waals surface area contributed by atoms with Crippen molar-refractivity contribution in [3.05, 3.63) is 65.2 Å². The smallest absolute Gasteiger partial charge is 0.407 e. The van der Waals surface area contributed by atoms with E-state index < -0.39 is 6.09 Å². The summed E-state index contributed by atoms with van der Waals surface area (Å²) in [6, 6.07) is 15.8. The van der Waals surface area contributed by atoms with E-state index in [9.17, 15) is 9.90 Å². The van der Waals surface area contributed by atoms with E-state index in [1.165, 1.54) is 5.56 Å². The standard InChI is InChI=1S/C21H25NO4/c23-14-19-12-11-18-9-4-8-17(20(18)26-19)10-5-13-22-21(24)25-15-16-6-2-1-3-7-16/h1-4,6-9,19,23H,5,10-15H2,(H,22,24)/t19-/m1/s1. The average molecular weight is 355 g/mol. The molecular formula is C21H25NO4. The van der Waals surface area contributed by atoms with E-state index in [2.05, 4.69) is 11.4 Å².